The van der Waals surface area contributed by atoms with Crippen LogP contribution in [0.2, 0.25) is 0 Å². The molecule has 266 valence electrons. The lowest BCUT2D eigenvalue weighted by Crippen LogP contribution is -2.01. The lowest BCUT2D eigenvalue weighted by molar-refractivity contribution is 1.12. The molecule has 2 heterocycles. The molecule has 0 radical (unpaired) electrons. The van der Waals surface area contributed by atoms with Gasteiger partial charge in [0.15, 0.2) is 5.82 Å². The lowest BCUT2D eigenvalue weighted by atomic mass is 9.95. The molecular weight excluding hydrogens is 673 g/mol. The topological polar surface area (TPSA) is 25.8 Å². The third-order valence-corrected chi connectivity index (χ3v) is 10.8. The standard InChI is InChI=1S/C26H24N2.C21H16S.C4H6/c1-4-20-14-16-22(17-15-20)26-27-24(21-11-6-5-7-12-21)19(3)25(28-26)23-13-9-8-10-18(23)2;1-14-7-3-4-8-17(14)15(2)16-11-12-19-18-9-5-6-10-20(18)22-21(19)13-16;1-3-4-2/h5-17H,4H2,1-3H3;3-13H,2H2,1H3;1-2H3. The van der Waals surface area contributed by atoms with Crippen molar-refractivity contribution < 1.29 is 0 Å². The van der Waals surface area contributed by atoms with Gasteiger partial charge in [0, 0.05) is 42.4 Å². The van der Waals surface area contributed by atoms with Crippen molar-refractivity contribution in [2.24, 2.45) is 0 Å². The van der Waals surface area contributed by atoms with Gasteiger partial charge in [-0.05, 0) is 86.6 Å². The van der Waals surface area contributed by atoms with Gasteiger partial charge in [0.05, 0.1) is 11.4 Å². The third-order valence-electron chi connectivity index (χ3n) is 9.66. The summed E-state index contributed by atoms with van der Waals surface area (Å²) in [6.45, 7) is 16.5. The summed E-state index contributed by atoms with van der Waals surface area (Å²) in [6, 6.07) is 51.1. The largest absolute Gasteiger partial charge is 0.228 e. The average molecular weight is 719 g/mol. The number of hydrogen-bond donors (Lipinski definition) is 0. The van der Waals surface area contributed by atoms with Gasteiger partial charge in [-0.25, -0.2) is 9.97 Å². The summed E-state index contributed by atoms with van der Waals surface area (Å²) in [7, 11) is 0. The average Bonchev–Trinajstić information content (AvgIpc) is 3.60. The van der Waals surface area contributed by atoms with Crippen molar-refractivity contribution in [1.29, 1.82) is 0 Å². The van der Waals surface area contributed by atoms with E-state index in [4.69, 9.17) is 9.97 Å². The Labute approximate surface area is 324 Å². The van der Waals surface area contributed by atoms with Crippen molar-refractivity contribution in [2.75, 3.05) is 0 Å². The highest BCUT2D eigenvalue weighted by Crippen LogP contribution is 2.37. The molecule has 6 aromatic carbocycles. The van der Waals surface area contributed by atoms with Crippen molar-refractivity contribution >= 4 is 37.1 Å². The van der Waals surface area contributed by atoms with E-state index < -0.39 is 0 Å². The molecule has 0 bridgehead atoms. The molecule has 54 heavy (non-hydrogen) atoms. The monoisotopic (exact) mass is 718 g/mol. The van der Waals surface area contributed by atoms with Crippen molar-refractivity contribution in [1.82, 2.24) is 9.97 Å². The van der Waals surface area contributed by atoms with Crippen LogP contribution < -0.4 is 0 Å². The maximum Gasteiger partial charge on any atom is 0.160 e. The quantitative estimate of drug-likeness (QED) is 0.160. The fourth-order valence-electron chi connectivity index (χ4n) is 6.49. The first-order valence-corrected chi connectivity index (χ1v) is 19.2. The van der Waals surface area contributed by atoms with Crippen LogP contribution in [0.1, 0.15) is 54.2 Å². The van der Waals surface area contributed by atoms with E-state index in [0.29, 0.717) is 0 Å². The van der Waals surface area contributed by atoms with E-state index in [-0.39, 0.29) is 0 Å². The molecule has 0 N–H and O–H groups in total. The Morgan fingerprint density at radius 2 is 1.20 bits per heavy atom. The second-order valence-electron chi connectivity index (χ2n) is 13.2. The fourth-order valence-corrected chi connectivity index (χ4v) is 7.64. The molecule has 0 aliphatic carbocycles. The SMILES string of the molecule is C=C(c1ccc2c(c1)sc1ccccc12)c1ccccc1C.CC#CC.CCc1ccc(-c2nc(-c3ccccc3)c(C)c(-c3ccccc3C)n2)cc1. The Balaban J connectivity index is 0.000000171. The zero-order valence-electron chi connectivity index (χ0n) is 32.1. The molecule has 0 atom stereocenters. The molecule has 0 fully saturated rings. The van der Waals surface area contributed by atoms with Crippen molar-refractivity contribution in [3.8, 4) is 45.7 Å². The van der Waals surface area contributed by atoms with Crippen LogP contribution in [0.25, 0.3) is 59.6 Å². The van der Waals surface area contributed by atoms with Gasteiger partial charge in [-0.1, -0.05) is 147 Å². The van der Waals surface area contributed by atoms with Crippen LogP contribution in [0.15, 0.2) is 152 Å². The Morgan fingerprint density at radius 3 is 1.89 bits per heavy atom. The molecule has 2 aromatic heterocycles. The van der Waals surface area contributed by atoms with Crippen molar-refractivity contribution in [3.63, 3.8) is 0 Å². The molecule has 0 aliphatic heterocycles. The summed E-state index contributed by atoms with van der Waals surface area (Å²) in [5.74, 6) is 6.13. The van der Waals surface area contributed by atoms with Crippen molar-refractivity contribution in [3.05, 3.63) is 186 Å². The second-order valence-corrected chi connectivity index (χ2v) is 14.3. The molecule has 0 amide bonds. The van der Waals surface area contributed by atoms with Crippen LogP contribution >= 0.6 is 11.3 Å². The number of nitrogens with zero attached hydrogens (tertiary/aromatic N) is 2. The summed E-state index contributed by atoms with van der Waals surface area (Å²) in [4.78, 5) is 9.98. The number of hydrogen-bond acceptors (Lipinski definition) is 3. The first kappa shape index (κ1) is 37.7. The number of aromatic nitrogens is 2. The predicted molar refractivity (Wildman–Crippen MR) is 235 cm³/mol. The van der Waals surface area contributed by atoms with Gasteiger partial charge in [-0.15, -0.1) is 23.2 Å². The van der Waals surface area contributed by atoms with E-state index in [1.165, 1.54) is 48.0 Å². The first-order chi connectivity index (χ1) is 26.3. The number of benzene rings is 6. The molecule has 2 nitrogen and oxygen atoms in total. The summed E-state index contributed by atoms with van der Waals surface area (Å²) in [5, 5.41) is 2.68. The van der Waals surface area contributed by atoms with E-state index in [2.05, 4.69) is 186 Å². The number of thiophene rings is 1. The minimum absolute atomic E-state index is 0.769. The summed E-state index contributed by atoms with van der Waals surface area (Å²) in [6.07, 6.45) is 1.03. The Morgan fingerprint density at radius 1 is 0.593 bits per heavy atom. The van der Waals surface area contributed by atoms with Gasteiger partial charge in [-0.3, -0.25) is 0 Å². The molecular formula is C51H46N2S. The van der Waals surface area contributed by atoms with Crippen LogP contribution in [0.3, 0.4) is 0 Å². The third kappa shape index (κ3) is 8.42. The van der Waals surface area contributed by atoms with Crippen LogP contribution in [-0.2, 0) is 6.42 Å². The lowest BCUT2D eigenvalue weighted by Gasteiger charge is -2.15. The summed E-state index contributed by atoms with van der Waals surface area (Å²) >= 11 is 1.85. The molecule has 0 aliphatic rings. The molecule has 8 rings (SSSR count). The maximum absolute atomic E-state index is 5.00. The minimum Gasteiger partial charge on any atom is -0.228 e. The van der Waals surface area contributed by atoms with Gasteiger partial charge in [0.2, 0.25) is 0 Å². The van der Waals surface area contributed by atoms with Crippen LogP contribution in [0.4, 0.5) is 0 Å². The van der Waals surface area contributed by atoms with Crippen LogP contribution in [0.5, 0.6) is 0 Å². The number of fused-ring (bicyclic) bond motifs is 3. The van der Waals surface area contributed by atoms with E-state index in [1.807, 2.05) is 31.3 Å². The van der Waals surface area contributed by atoms with Gasteiger partial charge in [-0.2, -0.15) is 0 Å². The zero-order valence-corrected chi connectivity index (χ0v) is 32.9. The van der Waals surface area contributed by atoms with E-state index in [0.717, 1.165) is 51.5 Å². The molecule has 0 saturated heterocycles. The van der Waals surface area contributed by atoms with Gasteiger partial charge in [0.1, 0.15) is 0 Å². The molecule has 3 heteroatoms. The van der Waals surface area contributed by atoms with E-state index >= 15 is 0 Å². The van der Waals surface area contributed by atoms with Crippen LogP contribution in [0, 0.1) is 32.6 Å². The zero-order chi connectivity index (χ0) is 38.0. The fraction of sp³-hybridized carbons (Fsp3) is 0.137. The summed E-state index contributed by atoms with van der Waals surface area (Å²) in [5.41, 5.74) is 13.7. The highest BCUT2D eigenvalue weighted by atomic mass is 32.1. The maximum atomic E-state index is 5.00. The Bertz CT molecular complexity index is 2590. The Kier molecular flexibility index (Phi) is 12.3. The molecule has 0 unspecified atom stereocenters. The van der Waals surface area contributed by atoms with Gasteiger partial charge in [0.25, 0.3) is 0 Å². The first-order valence-electron chi connectivity index (χ1n) is 18.4. The predicted octanol–water partition coefficient (Wildman–Crippen LogP) is 14.1. The molecule has 8 aromatic rings. The highest BCUT2D eigenvalue weighted by molar-refractivity contribution is 7.25. The normalized spacial score (nSPS) is 10.4. The van der Waals surface area contributed by atoms with Gasteiger partial charge < -0.3 is 0 Å². The Hall–Kier alpha value is -6.08. The molecule has 0 spiro atoms. The van der Waals surface area contributed by atoms with Crippen LogP contribution in [-0.4, -0.2) is 9.97 Å². The molecule has 0 saturated carbocycles. The number of rotatable bonds is 6. The van der Waals surface area contributed by atoms with Crippen molar-refractivity contribution in [2.45, 2.75) is 48.0 Å². The summed E-state index contributed by atoms with van der Waals surface area (Å²) < 4.78 is 2.67. The minimum atomic E-state index is 0.769. The van der Waals surface area contributed by atoms with E-state index in [9.17, 15) is 0 Å². The smallest absolute Gasteiger partial charge is 0.160 e. The van der Waals surface area contributed by atoms with Gasteiger partial charge >= 0.3 is 0 Å². The second kappa shape index (κ2) is 17.6. The highest BCUT2D eigenvalue weighted by Gasteiger charge is 2.16. The number of aryl methyl sites for hydroxylation is 3. The van der Waals surface area contributed by atoms with E-state index in [1.54, 1.807) is 0 Å².